The Bertz CT molecular complexity index is 364. The van der Waals surface area contributed by atoms with Crippen LogP contribution in [0, 0.1) is 0 Å². The van der Waals surface area contributed by atoms with Crippen molar-refractivity contribution in [3.05, 3.63) is 34.9 Å². The van der Waals surface area contributed by atoms with E-state index in [9.17, 15) is 4.79 Å². The third-order valence-corrected chi connectivity index (χ3v) is 2.43. The molecule has 1 rings (SSSR count). The predicted molar refractivity (Wildman–Crippen MR) is 65.0 cm³/mol. The SMILES string of the molecule is NC(=O)C(=S)NCCc1ccc(Cl)cc1. The van der Waals surface area contributed by atoms with Gasteiger partial charge < -0.3 is 11.1 Å². The molecule has 0 spiro atoms. The van der Waals surface area contributed by atoms with Gasteiger partial charge in [0.2, 0.25) is 0 Å². The lowest BCUT2D eigenvalue weighted by molar-refractivity contribution is -0.112. The minimum Gasteiger partial charge on any atom is -0.371 e. The zero-order chi connectivity index (χ0) is 11.3. The van der Waals surface area contributed by atoms with Crippen molar-refractivity contribution in [2.45, 2.75) is 6.42 Å². The Morgan fingerprint density at radius 1 is 1.40 bits per heavy atom. The van der Waals surface area contributed by atoms with Crippen molar-refractivity contribution in [1.29, 1.82) is 0 Å². The number of thiocarbonyl (C=S) groups is 1. The highest BCUT2D eigenvalue weighted by atomic mass is 35.5. The topological polar surface area (TPSA) is 55.1 Å². The van der Waals surface area contributed by atoms with Crippen LogP contribution in [0.2, 0.25) is 5.02 Å². The summed E-state index contributed by atoms with van der Waals surface area (Å²) in [5.74, 6) is -0.596. The van der Waals surface area contributed by atoms with Gasteiger partial charge in [-0.2, -0.15) is 0 Å². The second kappa shape index (κ2) is 5.68. The molecule has 0 fully saturated rings. The van der Waals surface area contributed by atoms with Gasteiger partial charge in [0.25, 0.3) is 5.91 Å². The van der Waals surface area contributed by atoms with E-state index in [4.69, 9.17) is 29.6 Å². The van der Waals surface area contributed by atoms with E-state index in [0.717, 1.165) is 12.0 Å². The highest BCUT2D eigenvalue weighted by Crippen LogP contribution is 2.09. The van der Waals surface area contributed by atoms with Gasteiger partial charge in [-0.15, -0.1) is 0 Å². The van der Waals surface area contributed by atoms with Crippen LogP contribution in [0.5, 0.6) is 0 Å². The number of carbonyl (C=O) groups is 1. The molecule has 0 aromatic heterocycles. The van der Waals surface area contributed by atoms with Crippen LogP contribution < -0.4 is 11.1 Å². The molecule has 15 heavy (non-hydrogen) atoms. The van der Waals surface area contributed by atoms with E-state index in [-0.39, 0.29) is 4.99 Å². The number of hydrogen-bond acceptors (Lipinski definition) is 2. The monoisotopic (exact) mass is 242 g/mol. The van der Waals surface area contributed by atoms with Crippen molar-refractivity contribution >= 4 is 34.7 Å². The summed E-state index contributed by atoms with van der Waals surface area (Å²) in [6.45, 7) is 0.587. The summed E-state index contributed by atoms with van der Waals surface area (Å²) >= 11 is 10.4. The maximum absolute atomic E-state index is 10.6. The summed E-state index contributed by atoms with van der Waals surface area (Å²) in [6.07, 6.45) is 0.768. The quantitative estimate of drug-likeness (QED) is 0.786. The lowest BCUT2D eigenvalue weighted by Crippen LogP contribution is -2.35. The number of primary amides is 1. The molecule has 0 aliphatic heterocycles. The fourth-order valence-electron chi connectivity index (χ4n) is 1.06. The van der Waals surface area contributed by atoms with Crippen molar-refractivity contribution < 1.29 is 4.79 Å². The normalized spacial score (nSPS) is 9.67. The largest absolute Gasteiger partial charge is 0.371 e. The molecule has 3 nitrogen and oxygen atoms in total. The first kappa shape index (κ1) is 11.9. The third kappa shape index (κ3) is 4.27. The maximum Gasteiger partial charge on any atom is 0.276 e. The van der Waals surface area contributed by atoms with Crippen LogP contribution in [-0.4, -0.2) is 17.4 Å². The molecule has 1 aromatic carbocycles. The highest BCUT2D eigenvalue weighted by molar-refractivity contribution is 7.82. The van der Waals surface area contributed by atoms with Crippen LogP contribution in [0.15, 0.2) is 24.3 Å². The Labute approximate surface area is 98.6 Å². The summed E-state index contributed by atoms with van der Waals surface area (Å²) in [6, 6.07) is 7.50. The van der Waals surface area contributed by atoms with Gasteiger partial charge in [0.15, 0.2) is 4.99 Å². The Morgan fingerprint density at radius 2 is 2.00 bits per heavy atom. The third-order valence-electron chi connectivity index (χ3n) is 1.84. The van der Waals surface area contributed by atoms with Crippen molar-refractivity contribution in [2.75, 3.05) is 6.54 Å². The molecular weight excluding hydrogens is 232 g/mol. The molecule has 5 heteroatoms. The van der Waals surface area contributed by atoms with Gasteiger partial charge in [-0.25, -0.2) is 0 Å². The van der Waals surface area contributed by atoms with Gasteiger partial charge >= 0.3 is 0 Å². The first-order valence-corrected chi connectivity index (χ1v) is 5.20. The summed E-state index contributed by atoms with van der Waals surface area (Å²) in [5, 5.41) is 3.48. The van der Waals surface area contributed by atoms with Gasteiger partial charge in [0.1, 0.15) is 0 Å². The van der Waals surface area contributed by atoms with Crippen LogP contribution in [-0.2, 0) is 11.2 Å². The zero-order valence-corrected chi connectivity index (χ0v) is 9.57. The molecular formula is C10H11ClN2OS. The Balaban J connectivity index is 2.35. The van der Waals surface area contributed by atoms with Gasteiger partial charge in [0, 0.05) is 11.6 Å². The predicted octanol–water partition coefficient (Wildman–Crippen LogP) is 1.28. The van der Waals surface area contributed by atoms with E-state index in [0.29, 0.717) is 11.6 Å². The number of rotatable bonds is 3. The lowest BCUT2D eigenvalue weighted by atomic mass is 10.1. The maximum atomic E-state index is 10.6. The number of benzene rings is 1. The lowest BCUT2D eigenvalue weighted by Gasteiger charge is -2.04. The smallest absolute Gasteiger partial charge is 0.276 e. The van der Waals surface area contributed by atoms with E-state index in [2.05, 4.69) is 5.32 Å². The number of hydrogen-bond donors (Lipinski definition) is 2. The minimum atomic E-state index is -0.596. The molecule has 0 aliphatic carbocycles. The number of nitrogens with one attached hydrogen (secondary N) is 1. The average molecular weight is 243 g/mol. The molecule has 0 atom stereocenters. The molecule has 0 unspecified atom stereocenters. The second-order valence-corrected chi connectivity index (χ2v) is 3.84. The van der Waals surface area contributed by atoms with Crippen LogP contribution in [0.3, 0.4) is 0 Å². The number of amides is 1. The molecule has 80 valence electrons. The number of halogens is 1. The van der Waals surface area contributed by atoms with E-state index < -0.39 is 5.91 Å². The summed E-state index contributed by atoms with van der Waals surface area (Å²) < 4.78 is 0. The fraction of sp³-hybridized carbons (Fsp3) is 0.200. The first-order chi connectivity index (χ1) is 7.09. The number of nitrogens with two attached hydrogens (primary N) is 1. The average Bonchev–Trinajstić information content (AvgIpc) is 2.20. The van der Waals surface area contributed by atoms with Crippen LogP contribution >= 0.6 is 23.8 Å². The molecule has 1 amide bonds. The van der Waals surface area contributed by atoms with Gasteiger partial charge in [-0.05, 0) is 24.1 Å². The summed E-state index contributed by atoms with van der Waals surface area (Å²) in [5.41, 5.74) is 6.10. The van der Waals surface area contributed by atoms with E-state index >= 15 is 0 Å². The van der Waals surface area contributed by atoms with Crippen molar-refractivity contribution in [3.63, 3.8) is 0 Å². The van der Waals surface area contributed by atoms with Gasteiger partial charge in [0.05, 0.1) is 0 Å². The summed E-state index contributed by atoms with van der Waals surface area (Å²) in [7, 11) is 0. The Hall–Kier alpha value is -1.13. The van der Waals surface area contributed by atoms with Gasteiger partial charge in [-0.3, -0.25) is 4.79 Å². The molecule has 0 radical (unpaired) electrons. The highest BCUT2D eigenvalue weighted by Gasteiger charge is 2.01. The van der Waals surface area contributed by atoms with E-state index in [1.165, 1.54) is 0 Å². The van der Waals surface area contributed by atoms with E-state index in [1.54, 1.807) is 0 Å². The standard InChI is InChI=1S/C10H11ClN2OS/c11-8-3-1-7(2-4-8)5-6-13-10(15)9(12)14/h1-4H,5-6H2,(H2,12,14)(H,13,15). The molecule has 0 saturated carbocycles. The number of carbonyl (C=O) groups excluding carboxylic acids is 1. The van der Waals surface area contributed by atoms with Crippen LogP contribution in [0.1, 0.15) is 5.56 Å². The van der Waals surface area contributed by atoms with Crippen molar-refractivity contribution in [2.24, 2.45) is 5.73 Å². The minimum absolute atomic E-state index is 0.0731. The molecule has 1 aromatic rings. The van der Waals surface area contributed by atoms with Crippen molar-refractivity contribution in [3.8, 4) is 0 Å². The molecule has 3 N–H and O–H groups in total. The van der Waals surface area contributed by atoms with Gasteiger partial charge in [-0.1, -0.05) is 36.0 Å². The molecule has 0 aliphatic rings. The second-order valence-electron chi connectivity index (χ2n) is 3.00. The summed E-state index contributed by atoms with van der Waals surface area (Å²) in [4.78, 5) is 10.7. The molecule has 0 bridgehead atoms. The molecule has 0 heterocycles. The fourth-order valence-corrected chi connectivity index (χ4v) is 1.29. The Kier molecular flexibility index (Phi) is 4.52. The van der Waals surface area contributed by atoms with Crippen molar-refractivity contribution in [1.82, 2.24) is 5.32 Å². The van der Waals surface area contributed by atoms with Crippen LogP contribution in [0.4, 0.5) is 0 Å². The molecule has 0 saturated heterocycles. The zero-order valence-electron chi connectivity index (χ0n) is 8.00. The Morgan fingerprint density at radius 3 is 2.53 bits per heavy atom. The van der Waals surface area contributed by atoms with Crippen LogP contribution in [0.25, 0.3) is 0 Å². The first-order valence-electron chi connectivity index (χ1n) is 4.41. The van der Waals surface area contributed by atoms with E-state index in [1.807, 2.05) is 24.3 Å².